The summed E-state index contributed by atoms with van der Waals surface area (Å²) in [5, 5.41) is 6.94. The van der Waals surface area contributed by atoms with E-state index in [1.807, 2.05) is 33.9 Å². The summed E-state index contributed by atoms with van der Waals surface area (Å²) in [4.78, 5) is 17.0. The molecule has 1 atom stereocenters. The molecule has 1 unspecified atom stereocenters. The fourth-order valence-electron chi connectivity index (χ4n) is 1.22. The lowest BCUT2D eigenvalue weighted by Gasteiger charge is -2.12. The lowest BCUT2D eigenvalue weighted by molar-refractivity contribution is -0.121. The number of aromatic nitrogens is 1. The Morgan fingerprint density at radius 2 is 2.19 bits per heavy atom. The van der Waals surface area contributed by atoms with E-state index in [9.17, 15) is 4.79 Å². The zero-order valence-corrected chi connectivity index (χ0v) is 11.0. The maximum atomic E-state index is 11.5. The number of amides is 1. The first-order valence-corrected chi connectivity index (χ1v) is 6.25. The van der Waals surface area contributed by atoms with Crippen LogP contribution in [0, 0.1) is 6.92 Å². The van der Waals surface area contributed by atoms with Gasteiger partial charge in [-0.15, -0.1) is 11.3 Å². The second kappa shape index (κ2) is 5.96. The monoisotopic (exact) mass is 241 g/mol. The molecule has 2 N–H and O–H groups in total. The number of rotatable bonds is 5. The van der Waals surface area contributed by atoms with Crippen molar-refractivity contribution in [1.82, 2.24) is 15.6 Å². The molecule has 1 aromatic rings. The standard InChI is InChI=1S/C11H19N3OS/c1-7(2)12-6-10(15)14-9(4)11-13-5-8(3)16-11/h5,7,9,12H,6H2,1-4H3,(H,14,15). The fraction of sp³-hybridized carbons (Fsp3) is 0.636. The van der Waals surface area contributed by atoms with Crippen molar-refractivity contribution in [2.24, 2.45) is 0 Å². The number of carbonyl (C=O) groups excluding carboxylic acids is 1. The van der Waals surface area contributed by atoms with E-state index in [0.717, 1.165) is 9.88 Å². The molecule has 0 aliphatic carbocycles. The van der Waals surface area contributed by atoms with Crippen LogP contribution in [-0.4, -0.2) is 23.5 Å². The molecule has 0 radical (unpaired) electrons. The van der Waals surface area contributed by atoms with E-state index >= 15 is 0 Å². The van der Waals surface area contributed by atoms with Gasteiger partial charge in [-0.05, 0) is 13.8 Å². The van der Waals surface area contributed by atoms with Gasteiger partial charge in [-0.3, -0.25) is 4.79 Å². The Kier molecular flexibility index (Phi) is 4.89. The minimum Gasteiger partial charge on any atom is -0.346 e. The highest BCUT2D eigenvalue weighted by Crippen LogP contribution is 2.18. The molecule has 0 aliphatic rings. The van der Waals surface area contributed by atoms with Crippen LogP contribution in [0.25, 0.3) is 0 Å². The normalized spacial score (nSPS) is 12.8. The van der Waals surface area contributed by atoms with Crippen molar-refractivity contribution in [2.45, 2.75) is 39.8 Å². The van der Waals surface area contributed by atoms with E-state index in [2.05, 4.69) is 15.6 Å². The van der Waals surface area contributed by atoms with E-state index < -0.39 is 0 Å². The van der Waals surface area contributed by atoms with Gasteiger partial charge >= 0.3 is 0 Å². The van der Waals surface area contributed by atoms with Gasteiger partial charge in [0.1, 0.15) is 5.01 Å². The Balaban J connectivity index is 2.39. The number of hydrogen-bond donors (Lipinski definition) is 2. The Morgan fingerprint density at radius 3 is 2.69 bits per heavy atom. The second-order valence-electron chi connectivity index (χ2n) is 4.13. The Hall–Kier alpha value is -0.940. The van der Waals surface area contributed by atoms with Crippen molar-refractivity contribution < 1.29 is 4.79 Å². The molecule has 0 bridgehead atoms. The number of aryl methyl sites for hydroxylation is 1. The van der Waals surface area contributed by atoms with Crippen molar-refractivity contribution in [1.29, 1.82) is 0 Å². The predicted octanol–water partition coefficient (Wildman–Crippen LogP) is 1.63. The quantitative estimate of drug-likeness (QED) is 0.824. The molecule has 0 fully saturated rings. The topological polar surface area (TPSA) is 54.0 Å². The molecule has 5 heteroatoms. The minimum absolute atomic E-state index is 0.00838. The van der Waals surface area contributed by atoms with E-state index in [4.69, 9.17) is 0 Å². The highest BCUT2D eigenvalue weighted by molar-refractivity contribution is 7.11. The van der Waals surface area contributed by atoms with Gasteiger partial charge in [0.15, 0.2) is 0 Å². The predicted molar refractivity (Wildman–Crippen MR) is 66.5 cm³/mol. The summed E-state index contributed by atoms with van der Waals surface area (Å²) in [6.07, 6.45) is 1.83. The van der Waals surface area contributed by atoms with Crippen LogP contribution in [0.5, 0.6) is 0 Å². The molecule has 16 heavy (non-hydrogen) atoms. The van der Waals surface area contributed by atoms with Crippen LogP contribution in [0.2, 0.25) is 0 Å². The average Bonchev–Trinajstić information content (AvgIpc) is 2.62. The summed E-state index contributed by atoms with van der Waals surface area (Å²) in [5.41, 5.74) is 0. The van der Waals surface area contributed by atoms with Crippen LogP contribution in [0.3, 0.4) is 0 Å². The van der Waals surface area contributed by atoms with Gasteiger partial charge in [-0.2, -0.15) is 0 Å². The zero-order chi connectivity index (χ0) is 12.1. The number of nitrogens with one attached hydrogen (secondary N) is 2. The molecule has 0 saturated heterocycles. The fourth-order valence-corrected chi connectivity index (χ4v) is 2.00. The van der Waals surface area contributed by atoms with Crippen LogP contribution >= 0.6 is 11.3 Å². The number of carbonyl (C=O) groups is 1. The summed E-state index contributed by atoms with van der Waals surface area (Å²) in [5.74, 6) is 0.00838. The zero-order valence-electron chi connectivity index (χ0n) is 10.2. The molecular formula is C11H19N3OS. The van der Waals surface area contributed by atoms with Crippen molar-refractivity contribution in [3.8, 4) is 0 Å². The number of thiazole rings is 1. The van der Waals surface area contributed by atoms with E-state index in [0.29, 0.717) is 12.6 Å². The third-order valence-corrected chi connectivity index (χ3v) is 3.15. The molecule has 1 aromatic heterocycles. The second-order valence-corrected chi connectivity index (χ2v) is 5.40. The number of nitrogens with zero attached hydrogens (tertiary/aromatic N) is 1. The third kappa shape index (κ3) is 4.28. The summed E-state index contributed by atoms with van der Waals surface area (Å²) in [6, 6.07) is 0.309. The Morgan fingerprint density at radius 1 is 1.50 bits per heavy atom. The highest BCUT2D eigenvalue weighted by atomic mass is 32.1. The van der Waals surface area contributed by atoms with Gasteiger partial charge in [-0.1, -0.05) is 13.8 Å². The largest absolute Gasteiger partial charge is 0.346 e. The molecule has 4 nitrogen and oxygen atoms in total. The van der Waals surface area contributed by atoms with Crippen molar-refractivity contribution in [3.63, 3.8) is 0 Å². The van der Waals surface area contributed by atoms with Crippen LogP contribution in [0.1, 0.15) is 36.7 Å². The Bertz CT molecular complexity index is 349. The Labute approximate surface area is 100 Å². The highest BCUT2D eigenvalue weighted by Gasteiger charge is 2.12. The van der Waals surface area contributed by atoms with Crippen LogP contribution < -0.4 is 10.6 Å². The first-order valence-electron chi connectivity index (χ1n) is 5.44. The van der Waals surface area contributed by atoms with Gasteiger partial charge in [0.25, 0.3) is 0 Å². The summed E-state index contributed by atoms with van der Waals surface area (Å²) in [7, 11) is 0. The molecular weight excluding hydrogens is 222 g/mol. The third-order valence-electron chi connectivity index (χ3n) is 2.06. The lowest BCUT2D eigenvalue weighted by Crippen LogP contribution is -2.37. The van der Waals surface area contributed by atoms with E-state index in [-0.39, 0.29) is 11.9 Å². The summed E-state index contributed by atoms with van der Waals surface area (Å²) >= 11 is 1.62. The van der Waals surface area contributed by atoms with Crippen LogP contribution in [-0.2, 0) is 4.79 Å². The summed E-state index contributed by atoms with van der Waals surface area (Å²) in [6.45, 7) is 8.34. The molecule has 1 amide bonds. The first-order chi connectivity index (χ1) is 7.49. The first kappa shape index (κ1) is 13.1. The van der Waals surface area contributed by atoms with Crippen molar-refractivity contribution >= 4 is 17.2 Å². The van der Waals surface area contributed by atoms with Gasteiger partial charge in [-0.25, -0.2) is 4.98 Å². The average molecular weight is 241 g/mol. The SMILES string of the molecule is Cc1cnc(C(C)NC(=O)CNC(C)C)s1. The van der Waals surface area contributed by atoms with Gasteiger partial charge in [0.2, 0.25) is 5.91 Å². The summed E-state index contributed by atoms with van der Waals surface area (Å²) < 4.78 is 0. The molecule has 90 valence electrons. The maximum Gasteiger partial charge on any atom is 0.234 e. The lowest BCUT2D eigenvalue weighted by atomic mass is 10.3. The van der Waals surface area contributed by atoms with Gasteiger partial charge in [0, 0.05) is 17.1 Å². The molecule has 1 heterocycles. The molecule has 0 aromatic carbocycles. The molecule has 0 spiro atoms. The van der Waals surface area contributed by atoms with Crippen molar-refractivity contribution in [3.05, 3.63) is 16.1 Å². The van der Waals surface area contributed by atoms with Gasteiger partial charge in [0.05, 0.1) is 12.6 Å². The molecule has 1 rings (SSSR count). The van der Waals surface area contributed by atoms with Crippen LogP contribution in [0.4, 0.5) is 0 Å². The minimum atomic E-state index is -0.0137. The van der Waals surface area contributed by atoms with Crippen molar-refractivity contribution in [2.75, 3.05) is 6.54 Å². The molecule has 0 aliphatic heterocycles. The van der Waals surface area contributed by atoms with E-state index in [1.165, 1.54) is 0 Å². The van der Waals surface area contributed by atoms with Gasteiger partial charge < -0.3 is 10.6 Å². The molecule has 0 saturated carbocycles. The number of hydrogen-bond acceptors (Lipinski definition) is 4. The van der Waals surface area contributed by atoms with E-state index in [1.54, 1.807) is 11.3 Å². The smallest absolute Gasteiger partial charge is 0.234 e. The maximum absolute atomic E-state index is 11.5. The van der Waals surface area contributed by atoms with Crippen LogP contribution in [0.15, 0.2) is 6.20 Å².